The van der Waals surface area contributed by atoms with Gasteiger partial charge in [0.25, 0.3) is 0 Å². The summed E-state index contributed by atoms with van der Waals surface area (Å²) in [5, 5.41) is 4.76. The zero-order valence-electron chi connectivity index (χ0n) is 13.6. The van der Waals surface area contributed by atoms with Crippen molar-refractivity contribution in [2.24, 2.45) is 0 Å². The van der Waals surface area contributed by atoms with Gasteiger partial charge in [0.05, 0.1) is 14.2 Å². The molecule has 0 atom stereocenters. The van der Waals surface area contributed by atoms with E-state index in [0.29, 0.717) is 33.2 Å². The average molecular weight is 385 g/mol. The lowest BCUT2D eigenvalue weighted by molar-refractivity contribution is 0.347. The molecule has 2 aromatic carbocycles. The molecule has 0 saturated carbocycles. The minimum atomic E-state index is 0.540. The van der Waals surface area contributed by atoms with E-state index in [1.165, 1.54) is 0 Å². The van der Waals surface area contributed by atoms with Crippen molar-refractivity contribution in [2.45, 2.75) is 6.54 Å². The monoisotopic (exact) mass is 384 g/mol. The van der Waals surface area contributed by atoms with Crippen molar-refractivity contribution in [2.75, 3.05) is 26.6 Å². The number of benzene rings is 2. The van der Waals surface area contributed by atoms with Gasteiger partial charge in [-0.2, -0.15) is 0 Å². The number of para-hydroxylation sites is 1. The first-order chi connectivity index (χ1) is 11.4. The van der Waals surface area contributed by atoms with Crippen LogP contribution < -0.4 is 14.8 Å². The van der Waals surface area contributed by atoms with Gasteiger partial charge in [-0.15, -0.1) is 0 Å². The predicted octanol–water partition coefficient (Wildman–Crippen LogP) is 4.84. The molecule has 4 nitrogen and oxygen atoms in total. The third-order valence-corrected chi connectivity index (χ3v) is 4.20. The highest BCUT2D eigenvalue weighted by Gasteiger charge is 2.13. The number of thiocarbonyl (C=S) groups is 1. The van der Waals surface area contributed by atoms with Gasteiger partial charge in [-0.3, -0.25) is 0 Å². The molecule has 0 spiro atoms. The molecule has 0 aliphatic carbocycles. The van der Waals surface area contributed by atoms with Crippen molar-refractivity contribution in [1.82, 2.24) is 4.90 Å². The van der Waals surface area contributed by atoms with Crippen molar-refractivity contribution in [3.05, 3.63) is 52.0 Å². The number of nitrogens with one attached hydrogen (secondary N) is 1. The largest absolute Gasteiger partial charge is 0.493 e. The van der Waals surface area contributed by atoms with Crippen LogP contribution in [-0.4, -0.2) is 31.3 Å². The number of anilines is 1. The molecule has 0 aromatic heterocycles. The number of halogens is 2. The van der Waals surface area contributed by atoms with E-state index in [9.17, 15) is 0 Å². The maximum Gasteiger partial charge on any atom is 0.173 e. The van der Waals surface area contributed by atoms with Gasteiger partial charge in [0, 0.05) is 34.9 Å². The molecule has 0 heterocycles. The predicted molar refractivity (Wildman–Crippen MR) is 104 cm³/mol. The Labute approximate surface area is 157 Å². The van der Waals surface area contributed by atoms with Gasteiger partial charge >= 0.3 is 0 Å². The first-order valence-electron chi connectivity index (χ1n) is 7.12. The zero-order chi connectivity index (χ0) is 17.7. The van der Waals surface area contributed by atoms with Crippen LogP contribution >= 0.6 is 35.4 Å². The molecule has 2 rings (SSSR count). The van der Waals surface area contributed by atoms with E-state index >= 15 is 0 Å². The van der Waals surface area contributed by atoms with Gasteiger partial charge in [-0.1, -0.05) is 35.3 Å². The van der Waals surface area contributed by atoms with E-state index in [1.807, 2.05) is 30.1 Å². The Morgan fingerprint density at radius 3 is 2.38 bits per heavy atom. The van der Waals surface area contributed by atoms with Crippen LogP contribution in [0.3, 0.4) is 0 Å². The highest BCUT2D eigenvalue weighted by atomic mass is 35.5. The van der Waals surface area contributed by atoms with Crippen LogP contribution in [0.2, 0.25) is 10.0 Å². The normalized spacial score (nSPS) is 10.2. The summed E-state index contributed by atoms with van der Waals surface area (Å²) in [6, 6.07) is 10.9. The SMILES string of the molecule is COc1cccc(CN(C)C(=S)Nc2cc(Cl)cc(Cl)c2)c1OC. The first kappa shape index (κ1) is 18.6. The van der Waals surface area contributed by atoms with E-state index in [1.54, 1.807) is 32.4 Å². The molecule has 0 radical (unpaired) electrons. The van der Waals surface area contributed by atoms with Crippen LogP contribution in [0.1, 0.15) is 5.56 Å². The average Bonchev–Trinajstić information content (AvgIpc) is 2.53. The summed E-state index contributed by atoms with van der Waals surface area (Å²) in [5.41, 5.74) is 1.70. The number of hydrogen-bond donors (Lipinski definition) is 1. The van der Waals surface area contributed by atoms with Crippen molar-refractivity contribution < 1.29 is 9.47 Å². The molecule has 0 unspecified atom stereocenters. The van der Waals surface area contributed by atoms with Crippen molar-refractivity contribution in [3.63, 3.8) is 0 Å². The third-order valence-electron chi connectivity index (χ3n) is 3.35. The molecular formula is C17H18Cl2N2O2S. The van der Waals surface area contributed by atoms with E-state index in [-0.39, 0.29) is 0 Å². The summed E-state index contributed by atoms with van der Waals surface area (Å²) >= 11 is 17.4. The topological polar surface area (TPSA) is 33.7 Å². The van der Waals surface area contributed by atoms with Gasteiger partial charge in [-0.05, 0) is 36.5 Å². The molecule has 0 bridgehead atoms. The third kappa shape index (κ3) is 4.66. The highest BCUT2D eigenvalue weighted by Crippen LogP contribution is 2.31. The number of nitrogens with zero attached hydrogens (tertiary/aromatic N) is 1. The standard InChI is InChI=1S/C17H18Cl2N2O2S/c1-21(10-11-5-4-6-15(22-2)16(11)23-3)17(24)20-14-8-12(18)7-13(19)9-14/h4-9H,10H2,1-3H3,(H,20,24). The second-order valence-electron chi connectivity index (χ2n) is 5.10. The lowest BCUT2D eigenvalue weighted by Crippen LogP contribution is -2.30. The van der Waals surface area contributed by atoms with Crippen LogP contribution in [0.4, 0.5) is 5.69 Å². The Morgan fingerprint density at radius 1 is 1.12 bits per heavy atom. The number of hydrogen-bond acceptors (Lipinski definition) is 3. The first-order valence-corrected chi connectivity index (χ1v) is 8.29. The fourth-order valence-electron chi connectivity index (χ4n) is 2.25. The maximum absolute atomic E-state index is 6.00. The minimum Gasteiger partial charge on any atom is -0.493 e. The summed E-state index contributed by atoms with van der Waals surface area (Å²) in [7, 11) is 5.12. The number of methoxy groups -OCH3 is 2. The van der Waals surface area contributed by atoms with Crippen LogP contribution in [0.5, 0.6) is 11.5 Å². The van der Waals surface area contributed by atoms with E-state index in [2.05, 4.69) is 5.32 Å². The Kier molecular flexibility index (Phi) is 6.54. The zero-order valence-corrected chi connectivity index (χ0v) is 15.9. The molecule has 24 heavy (non-hydrogen) atoms. The second kappa shape index (κ2) is 8.42. The van der Waals surface area contributed by atoms with Crippen molar-refractivity contribution in [3.8, 4) is 11.5 Å². The lowest BCUT2D eigenvalue weighted by atomic mass is 10.1. The van der Waals surface area contributed by atoms with Crippen molar-refractivity contribution in [1.29, 1.82) is 0 Å². The summed E-state index contributed by atoms with van der Waals surface area (Å²) in [4.78, 5) is 1.89. The summed E-state index contributed by atoms with van der Waals surface area (Å²) in [6.45, 7) is 0.556. The molecular weight excluding hydrogens is 367 g/mol. The molecule has 0 saturated heterocycles. The molecule has 0 amide bonds. The Hall–Kier alpha value is -1.69. The Morgan fingerprint density at radius 2 is 1.79 bits per heavy atom. The number of rotatable bonds is 5. The van der Waals surface area contributed by atoms with E-state index in [4.69, 9.17) is 44.9 Å². The molecule has 0 fully saturated rings. The lowest BCUT2D eigenvalue weighted by Gasteiger charge is -2.23. The second-order valence-corrected chi connectivity index (χ2v) is 6.36. The minimum absolute atomic E-state index is 0.540. The highest BCUT2D eigenvalue weighted by molar-refractivity contribution is 7.80. The molecule has 7 heteroatoms. The van der Waals surface area contributed by atoms with E-state index in [0.717, 1.165) is 11.3 Å². The van der Waals surface area contributed by atoms with Crippen LogP contribution in [-0.2, 0) is 6.54 Å². The summed E-state index contributed by atoms with van der Waals surface area (Å²) < 4.78 is 10.8. The summed E-state index contributed by atoms with van der Waals surface area (Å²) in [5.74, 6) is 1.38. The van der Waals surface area contributed by atoms with E-state index < -0.39 is 0 Å². The number of ether oxygens (including phenoxy) is 2. The molecule has 2 aromatic rings. The molecule has 0 aliphatic rings. The molecule has 1 N–H and O–H groups in total. The van der Waals surface area contributed by atoms with Crippen LogP contribution in [0.15, 0.2) is 36.4 Å². The van der Waals surface area contributed by atoms with Gasteiger partial charge in [-0.25, -0.2) is 0 Å². The van der Waals surface area contributed by atoms with Crippen LogP contribution in [0.25, 0.3) is 0 Å². The smallest absolute Gasteiger partial charge is 0.173 e. The summed E-state index contributed by atoms with van der Waals surface area (Å²) in [6.07, 6.45) is 0. The van der Waals surface area contributed by atoms with Gasteiger partial charge in [0.15, 0.2) is 16.6 Å². The maximum atomic E-state index is 6.00. The van der Waals surface area contributed by atoms with Crippen molar-refractivity contribution >= 4 is 46.2 Å². The Bertz CT molecular complexity index is 720. The fourth-order valence-corrected chi connectivity index (χ4v) is 2.96. The fraction of sp³-hybridized carbons (Fsp3) is 0.235. The van der Waals surface area contributed by atoms with Crippen LogP contribution in [0, 0.1) is 0 Å². The quantitative estimate of drug-likeness (QED) is 0.745. The van der Waals surface area contributed by atoms with Gasteiger partial charge < -0.3 is 19.7 Å². The Balaban J connectivity index is 2.12. The molecule has 128 valence electrons. The molecule has 0 aliphatic heterocycles. The van der Waals surface area contributed by atoms with Gasteiger partial charge in [0.2, 0.25) is 0 Å². The van der Waals surface area contributed by atoms with Gasteiger partial charge in [0.1, 0.15) is 0 Å².